The third kappa shape index (κ3) is 2.85. The Hall–Kier alpha value is -1.29. The van der Waals surface area contributed by atoms with Crippen LogP contribution in [0.25, 0.3) is 0 Å². The minimum Gasteiger partial charge on any atom is -0.438 e. The van der Waals surface area contributed by atoms with E-state index in [1.165, 1.54) is 0 Å². The van der Waals surface area contributed by atoms with E-state index in [4.69, 9.17) is 9.52 Å². The highest BCUT2D eigenvalue weighted by Gasteiger charge is 2.18. The third-order valence-corrected chi connectivity index (χ3v) is 2.74. The number of aliphatic hydroxyl groups is 1. The van der Waals surface area contributed by atoms with Crippen molar-refractivity contribution >= 4 is 12.2 Å². The first-order chi connectivity index (χ1) is 7.76. The van der Waals surface area contributed by atoms with Crippen molar-refractivity contribution in [2.45, 2.75) is 32.7 Å². The van der Waals surface area contributed by atoms with Crippen molar-refractivity contribution in [3.63, 3.8) is 0 Å². The lowest BCUT2D eigenvalue weighted by atomic mass is 10.1. The summed E-state index contributed by atoms with van der Waals surface area (Å²) >= 11 is 0. The van der Waals surface area contributed by atoms with E-state index in [1.54, 1.807) is 12.1 Å². The number of furan rings is 1. The normalized spacial score (nSPS) is 10.8. The molecule has 0 amide bonds. The largest absolute Gasteiger partial charge is 0.438 e. The predicted octanol–water partition coefficient (Wildman–Crippen LogP) is 2.08. The number of anilines is 1. The molecule has 0 saturated carbocycles. The first-order valence-electron chi connectivity index (χ1n) is 5.69. The summed E-state index contributed by atoms with van der Waals surface area (Å²) in [5, 5.41) is 9.05. The highest BCUT2D eigenvalue weighted by Crippen LogP contribution is 2.22. The molecular formula is C12H19NO3. The Kier molecular flexibility index (Phi) is 5.05. The molecule has 16 heavy (non-hydrogen) atoms. The maximum Gasteiger partial charge on any atom is 0.196 e. The van der Waals surface area contributed by atoms with Crippen molar-refractivity contribution in [3.8, 4) is 0 Å². The van der Waals surface area contributed by atoms with Crippen molar-refractivity contribution in [2.75, 3.05) is 18.1 Å². The molecule has 0 aliphatic heterocycles. The molecule has 0 radical (unpaired) electrons. The summed E-state index contributed by atoms with van der Waals surface area (Å²) in [7, 11) is 0. The number of hydrogen-bond acceptors (Lipinski definition) is 4. The van der Waals surface area contributed by atoms with Gasteiger partial charge in [0.25, 0.3) is 0 Å². The lowest BCUT2D eigenvalue weighted by Crippen LogP contribution is -2.36. The number of carbonyl (C=O) groups is 1. The van der Waals surface area contributed by atoms with Crippen LogP contribution in [0.5, 0.6) is 0 Å². The fraction of sp³-hybridized carbons (Fsp3) is 0.583. The molecule has 1 aromatic heterocycles. The zero-order valence-electron chi connectivity index (χ0n) is 9.85. The van der Waals surface area contributed by atoms with Gasteiger partial charge in [-0.25, -0.2) is 0 Å². The van der Waals surface area contributed by atoms with Gasteiger partial charge >= 0.3 is 0 Å². The zero-order valence-corrected chi connectivity index (χ0v) is 9.85. The molecule has 0 aliphatic rings. The average molecular weight is 225 g/mol. The molecule has 1 aromatic rings. The molecule has 0 bridgehead atoms. The van der Waals surface area contributed by atoms with Crippen LogP contribution in [0.3, 0.4) is 0 Å². The zero-order chi connectivity index (χ0) is 12.0. The number of hydrogen-bond donors (Lipinski definition) is 1. The lowest BCUT2D eigenvalue weighted by molar-refractivity contribution is 0.110. The van der Waals surface area contributed by atoms with Crippen LogP contribution in [0.2, 0.25) is 0 Å². The van der Waals surface area contributed by atoms with Crippen LogP contribution in [0, 0.1) is 0 Å². The first kappa shape index (κ1) is 12.8. The summed E-state index contributed by atoms with van der Waals surface area (Å²) in [6.45, 7) is 4.80. The molecule has 0 aromatic carbocycles. The minimum atomic E-state index is 0.0770. The van der Waals surface area contributed by atoms with Crippen molar-refractivity contribution in [1.29, 1.82) is 0 Å². The van der Waals surface area contributed by atoms with Gasteiger partial charge in [-0.1, -0.05) is 13.8 Å². The van der Waals surface area contributed by atoms with E-state index in [0.29, 0.717) is 30.5 Å². The van der Waals surface area contributed by atoms with Crippen LogP contribution in [-0.2, 0) is 0 Å². The van der Waals surface area contributed by atoms with Gasteiger partial charge < -0.3 is 14.4 Å². The third-order valence-electron chi connectivity index (χ3n) is 2.74. The van der Waals surface area contributed by atoms with E-state index in [0.717, 1.165) is 12.8 Å². The van der Waals surface area contributed by atoms with E-state index >= 15 is 0 Å². The van der Waals surface area contributed by atoms with Gasteiger partial charge in [-0.15, -0.1) is 0 Å². The predicted molar refractivity (Wildman–Crippen MR) is 62.9 cm³/mol. The Balaban J connectivity index is 2.86. The second-order valence-electron chi connectivity index (χ2n) is 3.68. The van der Waals surface area contributed by atoms with Gasteiger partial charge in [-0.3, -0.25) is 4.79 Å². The van der Waals surface area contributed by atoms with Gasteiger partial charge in [-0.2, -0.15) is 0 Å². The Morgan fingerprint density at radius 2 is 2.12 bits per heavy atom. The summed E-state index contributed by atoms with van der Waals surface area (Å²) in [6.07, 6.45) is 2.65. The molecule has 0 fully saturated rings. The highest BCUT2D eigenvalue weighted by molar-refractivity contribution is 5.71. The van der Waals surface area contributed by atoms with Crippen LogP contribution in [0.4, 0.5) is 5.88 Å². The summed E-state index contributed by atoms with van der Waals surface area (Å²) in [4.78, 5) is 12.6. The average Bonchev–Trinajstić information content (AvgIpc) is 2.77. The SMILES string of the molecule is CCC(CC)N(CCO)c1ccc(C=O)o1. The van der Waals surface area contributed by atoms with E-state index < -0.39 is 0 Å². The smallest absolute Gasteiger partial charge is 0.196 e. The van der Waals surface area contributed by atoms with Crippen LogP contribution < -0.4 is 4.90 Å². The van der Waals surface area contributed by atoms with Crippen LogP contribution in [0.15, 0.2) is 16.5 Å². The molecule has 1 rings (SSSR count). The summed E-state index contributed by atoms with van der Waals surface area (Å²) in [6, 6.07) is 3.75. The first-order valence-corrected chi connectivity index (χ1v) is 5.69. The van der Waals surface area contributed by atoms with Gasteiger partial charge in [0.2, 0.25) is 0 Å². The maximum atomic E-state index is 10.5. The molecule has 0 saturated heterocycles. The van der Waals surface area contributed by atoms with Crippen molar-refractivity contribution in [1.82, 2.24) is 0 Å². The quantitative estimate of drug-likeness (QED) is 0.722. The Labute approximate surface area is 95.9 Å². The van der Waals surface area contributed by atoms with Crippen LogP contribution >= 0.6 is 0 Å². The number of nitrogens with zero attached hydrogens (tertiary/aromatic N) is 1. The van der Waals surface area contributed by atoms with E-state index in [2.05, 4.69) is 13.8 Å². The Morgan fingerprint density at radius 3 is 2.56 bits per heavy atom. The Bertz CT molecular complexity index is 318. The second kappa shape index (κ2) is 6.33. The fourth-order valence-electron chi connectivity index (χ4n) is 1.87. The van der Waals surface area contributed by atoms with Gasteiger partial charge in [-0.05, 0) is 18.9 Å². The number of rotatable bonds is 7. The molecule has 90 valence electrons. The number of aldehydes is 1. The molecule has 1 N–H and O–H groups in total. The van der Waals surface area contributed by atoms with Crippen molar-refractivity contribution in [3.05, 3.63) is 17.9 Å². The Morgan fingerprint density at radius 1 is 1.44 bits per heavy atom. The number of aliphatic hydroxyl groups excluding tert-OH is 1. The van der Waals surface area contributed by atoms with Crippen LogP contribution in [-0.4, -0.2) is 30.6 Å². The molecule has 1 heterocycles. The highest BCUT2D eigenvalue weighted by atomic mass is 16.4. The van der Waals surface area contributed by atoms with Crippen LogP contribution in [0.1, 0.15) is 37.2 Å². The molecule has 0 aliphatic carbocycles. The molecule has 0 unspecified atom stereocenters. The standard InChI is InChI=1S/C12H19NO3/c1-3-10(4-2)13(7-8-14)12-6-5-11(9-15)16-12/h5-6,9-10,14H,3-4,7-8H2,1-2H3. The lowest BCUT2D eigenvalue weighted by Gasteiger charge is -2.29. The second-order valence-corrected chi connectivity index (χ2v) is 3.68. The van der Waals surface area contributed by atoms with E-state index in [-0.39, 0.29) is 6.61 Å². The fourth-order valence-corrected chi connectivity index (χ4v) is 1.87. The summed E-state index contributed by atoms with van der Waals surface area (Å²) in [5.74, 6) is 0.980. The molecule has 4 nitrogen and oxygen atoms in total. The van der Waals surface area contributed by atoms with Gasteiger partial charge in [0.1, 0.15) is 0 Å². The summed E-state index contributed by atoms with van der Waals surface area (Å²) < 4.78 is 5.38. The maximum absolute atomic E-state index is 10.5. The number of carbonyl (C=O) groups excluding carboxylic acids is 1. The molecular weight excluding hydrogens is 206 g/mol. The van der Waals surface area contributed by atoms with Gasteiger partial charge in [0.05, 0.1) is 6.61 Å². The van der Waals surface area contributed by atoms with Crippen molar-refractivity contribution < 1.29 is 14.3 Å². The van der Waals surface area contributed by atoms with Gasteiger partial charge in [0, 0.05) is 18.7 Å². The summed E-state index contributed by atoms with van der Waals surface area (Å²) in [5.41, 5.74) is 0. The van der Waals surface area contributed by atoms with E-state index in [1.807, 2.05) is 4.90 Å². The monoisotopic (exact) mass is 225 g/mol. The topological polar surface area (TPSA) is 53.7 Å². The van der Waals surface area contributed by atoms with E-state index in [9.17, 15) is 4.79 Å². The molecule has 0 atom stereocenters. The van der Waals surface area contributed by atoms with Crippen molar-refractivity contribution in [2.24, 2.45) is 0 Å². The molecule has 4 heteroatoms. The molecule has 0 spiro atoms. The minimum absolute atomic E-state index is 0.0770. The van der Waals surface area contributed by atoms with Gasteiger partial charge in [0.15, 0.2) is 17.9 Å².